The summed E-state index contributed by atoms with van der Waals surface area (Å²) in [6.07, 6.45) is 2.54. The molecule has 0 fully saturated rings. The molecular formula is C12H22N4O2. The molecule has 0 radical (unpaired) electrons. The number of aromatic nitrogens is 3. The molecule has 1 aromatic heterocycles. The molecule has 0 amide bonds. The van der Waals surface area contributed by atoms with Crippen LogP contribution >= 0.6 is 0 Å². The number of carbonyl (C=O) groups excluding carboxylic acids is 1. The van der Waals surface area contributed by atoms with Crippen molar-refractivity contribution >= 4 is 5.97 Å². The molecule has 1 aromatic rings. The molecule has 0 bridgehead atoms. The Kier molecular flexibility index (Phi) is 5.77. The van der Waals surface area contributed by atoms with Crippen LogP contribution in [0.25, 0.3) is 0 Å². The number of rotatable bonds is 7. The molecule has 102 valence electrons. The molecular weight excluding hydrogens is 232 g/mol. The third-order valence-corrected chi connectivity index (χ3v) is 2.73. The molecule has 0 aromatic carbocycles. The van der Waals surface area contributed by atoms with Crippen LogP contribution in [0, 0.1) is 5.92 Å². The number of carbonyl (C=O) groups is 1. The van der Waals surface area contributed by atoms with Gasteiger partial charge in [-0.2, -0.15) is 5.10 Å². The molecule has 18 heavy (non-hydrogen) atoms. The molecule has 0 aliphatic heterocycles. The Balaban J connectivity index is 2.61. The average Bonchev–Trinajstić information content (AvgIpc) is 2.77. The first-order valence-corrected chi connectivity index (χ1v) is 6.28. The quantitative estimate of drug-likeness (QED) is 0.734. The molecule has 1 N–H and O–H groups in total. The van der Waals surface area contributed by atoms with Crippen LogP contribution in [0.15, 0.2) is 6.33 Å². The predicted molar refractivity (Wildman–Crippen MR) is 67.8 cm³/mol. The monoisotopic (exact) mass is 254 g/mol. The Hall–Kier alpha value is -1.43. The summed E-state index contributed by atoms with van der Waals surface area (Å²) in [7, 11) is 1.40. The average molecular weight is 254 g/mol. The fourth-order valence-electron chi connectivity index (χ4n) is 1.74. The van der Waals surface area contributed by atoms with E-state index in [-0.39, 0.29) is 17.9 Å². The van der Waals surface area contributed by atoms with Crippen molar-refractivity contribution in [1.29, 1.82) is 0 Å². The van der Waals surface area contributed by atoms with Crippen LogP contribution in [-0.2, 0) is 22.6 Å². The lowest BCUT2D eigenvalue weighted by Gasteiger charge is -2.19. The van der Waals surface area contributed by atoms with Crippen molar-refractivity contribution < 1.29 is 9.53 Å². The van der Waals surface area contributed by atoms with Crippen molar-refractivity contribution in [1.82, 2.24) is 20.1 Å². The SMILES string of the molecule is CCCn1ncnc1CNC(C(=O)OC)C(C)C. The van der Waals surface area contributed by atoms with Crippen LogP contribution in [0.4, 0.5) is 0 Å². The molecule has 1 rings (SSSR count). The number of hydrogen-bond acceptors (Lipinski definition) is 5. The van der Waals surface area contributed by atoms with E-state index in [4.69, 9.17) is 4.74 Å². The van der Waals surface area contributed by atoms with Gasteiger partial charge in [0.2, 0.25) is 0 Å². The van der Waals surface area contributed by atoms with Gasteiger partial charge in [0.05, 0.1) is 13.7 Å². The highest BCUT2D eigenvalue weighted by Gasteiger charge is 2.22. The molecule has 0 saturated carbocycles. The van der Waals surface area contributed by atoms with Gasteiger partial charge in [0.15, 0.2) is 0 Å². The minimum Gasteiger partial charge on any atom is -0.468 e. The molecule has 6 heteroatoms. The highest BCUT2D eigenvalue weighted by molar-refractivity contribution is 5.75. The highest BCUT2D eigenvalue weighted by Crippen LogP contribution is 2.05. The number of esters is 1. The summed E-state index contributed by atoms with van der Waals surface area (Å²) in [6.45, 7) is 7.39. The number of ether oxygens (including phenoxy) is 1. The van der Waals surface area contributed by atoms with E-state index in [0.29, 0.717) is 6.54 Å². The van der Waals surface area contributed by atoms with E-state index in [1.165, 1.54) is 13.4 Å². The van der Waals surface area contributed by atoms with Gasteiger partial charge < -0.3 is 4.74 Å². The Morgan fingerprint density at radius 1 is 1.56 bits per heavy atom. The van der Waals surface area contributed by atoms with Crippen LogP contribution in [0.5, 0.6) is 0 Å². The molecule has 0 spiro atoms. The first-order valence-electron chi connectivity index (χ1n) is 6.28. The minimum atomic E-state index is -0.318. The topological polar surface area (TPSA) is 69.0 Å². The lowest BCUT2D eigenvalue weighted by molar-refractivity contribution is -0.144. The summed E-state index contributed by atoms with van der Waals surface area (Å²) >= 11 is 0. The van der Waals surface area contributed by atoms with E-state index in [2.05, 4.69) is 22.3 Å². The molecule has 6 nitrogen and oxygen atoms in total. The number of methoxy groups -OCH3 is 1. The summed E-state index contributed by atoms with van der Waals surface area (Å²) in [6, 6.07) is -0.318. The molecule has 1 heterocycles. The first kappa shape index (κ1) is 14.6. The Labute approximate surface area is 108 Å². The van der Waals surface area contributed by atoms with Gasteiger partial charge in [0, 0.05) is 6.54 Å². The summed E-state index contributed by atoms with van der Waals surface area (Å²) < 4.78 is 6.63. The van der Waals surface area contributed by atoms with Crippen molar-refractivity contribution in [3.05, 3.63) is 12.2 Å². The van der Waals surface area contributed by atoms with Gasteiger partial charge in [-0.1, -0.05) is 20.8 Å². The van der Waals surface area contributed by atoms with Crippen LogP contribution in [-0.4, -0.2) is 33.9 Å². The smallest absolute Gasteiger partial charge is 0.323 e. The van der Waals surface area contributed by atoms with E-state index in [1.807, 2.05) is 18.5 Å². The highest BCUT2D eigenvalue weighted by atomic mass is 16.5. The number of hydrogen-bond donors (Lipinski definition) is 1. The van der Waals surface area contributed by atoms with Crippen LogP contribution < -0.4 is 5.32 Å². The molecule has 0 saturated heterocycles. The third-order valence-electron chi connectivity index (χ3n) is 2.73. The fraction of sp³-hybridized carbons (Fsp3) is 0.750. The summed E-state index contributed by atoms with van der Waals surface area (Å²) in [4.78, 5) is 15.8. The van der Waals surface area contributed by atoms with Gasteiger partial charge in [-0.25, -0.2) is 9.67 Å². The number of aryl methyl sites for hydroxylation is 1. The summed E-state index contributed by atoms with van der Waals surface area (Å²) in [5.41, 5.74) is 0. The lowest BCUT2D eigenvalue weighted by atomic mass is 10.0. The molecule has 1 unspecified atom stereocenters. The number of nitrogens with zero attached hydrogens (tertiary/aromatic N) is 3. The largest absolute Gasteiger partial charge is 0.468 e. The lowest BCUT2D eigenvalue weighted by Crippen LogP contribution is -2.41. The van der Waals surface area contributed by atoms with Gasteiger partial charge in [-0.15, -0.1) is 0 Å². The van der Waals surface area contributed by atoms with Gasteiger partial charge in [0.25, 0.3) is 0 Å². The third kappa shape index (κ3) is 3.80. The van der Waals surface area contributed by atoms with Crippen LogP contribution in [0.2, 0.25) is 0 Å². The Bertz CT molecular complexity index is 376. The van der Waals surface area contributed by atoms with Crippen molar-refractivity contribution in [3.8, 4) is 0 Å². The van der Waals surface area contributed by atoms with E-state index in [9.17, 15) is 4.79 Å². The standard InChI is InChI=1S/C12H22N4O2/c1-5-6-16-10(14-8-15-16)7-13-11(9(2)3)12(17)18-4/h8-9,11,13H,5-7H2,1-4H3. The van der Waals surface area contributed by atoms with Crippen molar-refractivity contribution in [2.75, 3.05) is 7.11 Å². The fourth-order valence-corrected chi connectivity index (χ4v) is 1.74. The predicted octanol–water partition coefficient (Wildman–Crippen LogP) is 0.975. The van der Waals surface area contributed by atoms with Gasteiger partial charge >= 0.3 is 5.97 Å². The van der Waals surface area contributed by atoms with Crippen molar-refractivity contribution in [3.63, 3.8) is 0 Å². The zero-order valence-corrected chi connectivity index (χ0v) is 11.5. The maximum atomic E-state index is 11.6. The molecule has 0 aliphatic rings. The minimum absolute atomic E-state index is 0.167. The maximum Gasteiger partial charge on any atom is 0.323 e. The maximum absolute atomic E-state index is 11.6. The second kappa shape index (κ2) is 7.10. The molecule has 1 atom stereocenters. The van der Waals surface area contributed by atoms with Crippen LogP contribution in [0.1, 0.15) is 33.0 Å². The van der Waals surface area contributed by atoms with E-state index >= 15 is 0 Å². The second-order valence-electron chi connectivity index (χ2n) is 4.53. The molecule has 0 aliphatic carbocycles. The Morgan fingerprint density at radius 3 is 2.83 bits per heavy atom. The van der Waals surface area contributed by atoms with Gasteiger partial charge in [-0.3, -0.25) is 10.1 Å². The zero-order chi connectivity index (χ0) is 13.5. The van der Waals surface area contributed by atoms with E-state index < -0.39 is 0 Å². The normalized spacial score (nSPS) is 12.7. The number of nitrogens with one attached hydrogen (secondary N) is 1. The van der Waals surface area contributed by atoms with E-state index in [0.717, 1.165) is 18.8 Å². The van der Waals surface area contributed by atoms with Crippen LogP contribution in [0.3, 0.4) is 0 Å². The zero-order valence-electron chi connectivity index (χ0n) is 11.5. The van der Waals surface area contributed by atoms with Crippen molar-refractivity contribution in [2.24, 2.45) is 5.92 Å². The van der Waals surface area contributed by atoms with Gasteiger partial charge in [-0.05, 0) is 12.3 Å². The van der Waals surface area contributed by atoms with Gasteiger partial charge in [0.1, 0.15) is 18.2 Å². The van der Waals surface area contributed by atoms with E-state index in [1.54, 1.807) is 0 Å². The first-order chi connectivity index (χ1) is 8.60. The second-order valence-corrected chi connectivity index (χ2v) is 4.53. The summed E-state index contributed by atoms with van der Waals surface area (Å²) in [5.74, 6) is 0.762. The van der Waals surface area contributed by atoms with Crippen molar-refractivity contribution in [2.45, 2.75) is 46.3 Å². The summed E-state index contributed by atoms with van der Waals surface area (Å²) in [5, 5.41) is 7.32. The Morgan fingerprint density at radius 2 is 2.28 bits per heavy atom.